The van der Waals surface area contributed by atoms with Crippen LogP contribution in [0.3, 0.4) is 0 Å². The normalized spacial score (nSPS) is 13.2. The van der Waals surface area contributed by atoms with Crippen LogP contribution in [-0.4, -0.2) is 24.0 Å². The molecule has 0 radical (unpaired) electrons. The first-order valence-electron chi connectivity index (χ1n) is 11.8. The third-order valence-corrected chi connectivity index (χ3v) is 6.52. The summed E-state index contributed by atoms with van der Waals surface area (Å²) in [5.41, 5.74) is 7.20. The lowest BCUT2D eigenvalue weighted by Gasteiger charge is -2.32. The van der Waals surface area contributed by atoms with Crippen molar-refractivity contribution in [3.05, 3.63) is 87.7 Å². The molecule has 4 rings (SSSR count). The molecule has 1 aliphatic rings. The predicted octanol–water partition coefficient (Wildman–Crippen LogP) is 6.22. The first-order valence-corrected chi connectivity index (χ1v) is 12.6. The van der Waals surface area contributed by atoms with Gasteiger partial charge in [-0.05, 0) is 94.6 Å². The summed E-state index contributed by atoms with van der Waals surface area (Å²) in [5.74, 6) is 0.616. The van der Waals surface area contributed by atoms with Crippen molar-refractivity contribution in [1.29, 1.82) is 0 Å². The molecule has 2 aromatic carbocycles. The Bertz CT molecular complexity index is 1080. The van der Waals surface area contributed by atoms with E-state index < -0.39 is 0 Å². The number of benzene rings is 2. The number of aromatic nitrogens is 1. The number of amides is 1. The van der Waals surface area contributed by atoms with Crippen molar-refractivity contribution < 1.29 is 4.79 Å². The number of anilines is 2. The van der Waals surface area contributed by atoms with Gasteiger partial charge in [-0.1, -0.05) is 38.1 Å². The van der Waals surface area contributed by atoms with Crippen LogP contribution in [0.4, 0.5) is 11.4 Å². The molecule has 172 valence electrons. The largest absolute Gasteiger partial charge is 0.371 e. The first-order chi connectivity index (χ1) is 16.0. The number of hydrogen-bond donors (Lipinski definition) is 1. The molecule has 3 aromatic rings. The molecule has 33 heavy (non-hydrogen) atoms. The first kappa shape index (κ1) is 23.5. The van der Waals surface area contributed by atoms with E-state index in [-0.39, 0.29) is 12.3 Å². The van der Waals surface area contributed by atoms with Gasteiger partial charge in [0, 0.05) is 40.8 Å². The maximum Gasteiger partial charge on any atom is 0.230 e. The van der Waals surface area contributed by atoms with Gasteiger partial charge in [-0.3, -0.25) is 9.78 Å². The molecule has 0 saturated heterocycles. The summed E-state index contributed by atoms with van der Waals surface area (Å²) in [7, 11) is 0. The molecule has 0 aliphatic carbocycles. The SMILES string of the molecule is CC(C)Cc1ccc2c(c1)N(CCc1ccc(NC(=O)Cc3ccc(Br)cn3)cc1)CCC2. The zero-order chi connectivity index (χ0) is 23.2. The number of halogens is 1. The van der Waals surface area contributed by atoms with E-state index in [1.165, 1.54) is 35.2 Å². The minimum absolute atomic E-state index is 0.0558. The number of pyridine rings is 1. The Hall–Kier alpha value is -2.66. The summed E-state index contributed by atoms with van der Waals surface area (Å²) in [6.07, 6.45) is 6.50. The minimum Gasteiger partial charge on any atom is -0.371 e. The van der Waals surface area contributed by atoms with Gasteiger partial charge in [0.15, 0.2) is 0 Å². The Labute approximate surface area is 205 Å². The molecule has 4 nitrogen and oxygen atoms in total. The zero-order valence-corrected chi connectivity index (χ0v) is 21.1. The van der Waals surface area contributed by atoms with E-state index in [9.17, 15) is 4.79 Å². The van der Waals surface area contributed by atoms with Gasteiger partial charge >= 0.3 is 0 Å². The molecule has 1 N–H and O–H groups in total. The fraction of sp³-hybridized carbons (Fsp3) is 0.357. The van der Waals surface area contributed by atoms with Gasteiger partial charge in [-0.15, -0.1) is 0 Å². The number of rotatable bonds is 8. The van der Waals surface area contributed by atoms with Gasteiger partial charge in [0.25, 0.3) is 0 Å². The average molecular weight is 506 g/mol. The van der Waals surface area contributed by atoms with Gasteiger partial charge in [-0.25, -0.2) is 0 Å². The van der Waals surface area contributed by atoms with Gasteiger partial charge in [0.2, 0.25) is 5.91 Å². The Morgan fingerprint density at radius 1 is 1.09 bits per heavy atom. The Morgan fingerprint density at radius 3 is 2.61 bits per heavy atom. The summed E-state index contributed by atoms with van der Waals surface area (Å²) in [6, 6.07) is 19.0. The third kappa shape index (κ3) is 6.67. The molecular weight excluding hydrogens is 474 g/mol. The Morgan fingerprint density at radius 2 is 1.88 bits per heavy atom. The van der Waals surface area contributed by atoms with Crippen molar-refractivity contribution in [2.24, 2.45) is 5.92 Å². The molecule has 1 aromatic heterocycles. The highest BCUT2D eigenvalue weighted by Gasteiger charge is 2.17. The molecule has 0 spiro atoms. The summed E-state index contributed by atoms with van der Waals surface area (Å²) < 4.78 is 0.909. The van der Waals surface area contributed by atoms with Crippen LogP contribution in [0.2, 0.25) is 0 Å². The van der Waals surface area contributed by atoms with Crippen molar-refractivity contribution in [1.82, 2.24) is 4.98 Å². The second-order valence-electron chi connectivity index (χ2n) is 9.29. The molecule has 0 unspecified atom stereocenters. The number of nitrogens with one attached hydrogen (secondary N) is 1. The van der Waals surface area contributed by atoms with Gasteiger partial charge in [0.05, 0.1) is 6.42 Å². The topological polar surface area (TPSA) is 45.2 Å². The zero-order valence-electron chi connectivity index (χ0n) is 19.5. The van der Waals surface area contributed by atoms with Crippen LogP contribution < -0.4 is 10.2 Å². The number of carbonyl (C=O) groups excluding carboxylic acids is 1. The number of hydrogen-bond acceptors (Lipinski definition) is 3. The van der Waals surface area contributed by atoms with E-state index in [4.69, 9.17) is 0 Å². The molecule has 0 bridgehead atoms. The van der Waals surface area contributed by atoms with Crippen LogP contribution in [0, 0.1) is 5.92 Å². The van der Waals surface area contributed by atoms with Crippen LogP contribution >= 0.6 is 15.9 Å². The van der Waals surface area contributed by atoms with Crippen LogP contribution in [-0.2, 0) is 30.5 Å². The number of aryl methyl sites for hydroxylation is 1. The van der Waals surface area contributed by atoms with Crippen molar-refractivity contribution in [2.75, 3.05) is 23.3 Å². The smallest absolute Gasteiger partial charge is 0.230 e. The number of nitrogens with zero attached hydrogens (tertiary/aromatic N) is 2. The molecule has 1 amide bonds. The molecule has 5 heteroatoms. The van der Waals surface area contributed by atoms with E-state index in [1.807, 2.05) is 24.3 Å². The summed E-state index contributed by atoms with van der Waals surface area (Å²) >= 11 is 3.36. The van der Waals surface area contributed by atoms with Gasteiger partial charge < -0.3 is 10.2 Å². The van der Waals surface area contributed by atoms with Gasteiger partial charge in [-0.2, -0.15) is 0 Å². The summed E-state index contributed by atoms with van der Waals surface area (Å²) in [5, 5.41) is 2.97. The number of carbonyl (C=O) groups is 1. The molecule has 0 fully saturated rings. The third-order valence-electron chi connectivity index (χ3n) is 6.05. The highest BCUT2D eigenvalue weighted by Crippen LogP contribution is 2.29. The molecule has 0 atom stereocenters. The lowest BCUT2D eigenvalue weighted by atomic mass is 9.95. The van der Waals surface area contributed by atoms with Crippen molar-refractivity contribution in [3.63, 3.8) is 0 Å². The lowest BCUT2D eigenvalue weighted by molar-refractivity contribution is -0.115. The van der Waals surface area contributed by atoms with Crippen molar-refractivity contribution in [2.45, 2.75) is 46.0 Å². The average Bonchev–Trinajstić information content (AvgIpc) is 2.80. The fourth-order valence-electron chi connectivity index (χ4n) is 4.43. The highest BCUT2D eigenvalue weighted by atomic mass is 79.9. The summed E-state index contributed by atoms with van der Waals surface area (Å²) in [6.45, 7) is 6.69. The van der Waals surface area contributed by atoms with E-state index in [1.54, 1.807) is 6.20 Å². The molecule has 2 heterocycles. The molecule has 1 aliphatic heterocycles. The van der Waals surface area contributed by atoms with E-state index in [0.29, 0.717) is 5.92 Å². The van der Waals surface area contributed by atoms with E-state index in [2.05, 4.69) is 75.3 Å². The maximum absolute atomic E-state index is 12.3. The van der Waals surface area contributed by atoms with E-state index in [0.717, 1.165) is 41.8 Å². The van der Waals surface area contributed by atoms with Gasteiger partial charge in [0.1, 0.15) is 0 Å². The quantitative estimate of drug-likeness (QED) is 0.395. The number of fused-ring (bicyclic) bond motifs is 1. The van der Waals surface area contributed by atoms with Crippen LogP contribution in [0.25, 0.3) is 0 Å². The lowest BCUT2D eigenvalue weighted by Crippen LogP contribution is -2.31. The van der Waals surface area contributed by atoms with Crippen LogP contribution in [0.5, 0.6) is 0 Å². The minimum atomic E-state index is -0.0558. The second kappa shape index (κ2) is 11.0. The predicted molar refractivity (Wildman–Crippen MR) is 140 cm³/mol. The van der Waals surface area contributed by atoms with Crippen molar-refractivity contribution >= 4 is 33.2 Å². The molecular formula is C28H32BrN3O. The van der Waals surface area contributed by atoms with Crippen LogP contribution in [0.15, 0.2) is 65.3 Å². The molecule has 0 saturated carbocycles. The van der Waals surface area contributed by atoms with Crippen molar-refractivity contribution in [3.8, 4) is 0 Å². The second-order valence-corrected chi connectivity index (χ2v) is 10.2. The standard InChI is InChI=1S/C28H32BrN3O/c1-20(2)16-22-5-8-23-4-3-14-32(27(23)17-22)15-13-21-6-10-25(11-7-21)31-28(33)18-26-12-9-24(29)19-30-26/h5-12,17,19-20H,3-4,13-16,18H2,1-2H3,(H,31,33). The fourth-order valence-corrected chi connectivity index (χ4v) is 4.66. The highest BCUT2D eigenvalue weighted by molar-refractivity contribution is 9.10. The summed E-state index contributed by atoms with van der Waals surface area (Å²) in [4.78, 5) is 19.1. The van der Waals surface area contributed by atoms with Crippen LogP contribution in [0.1, 0.15) is 42.7 Å². The Balaban J connectivity index is 1.32. The van der Waals surface area contributed by atoms with E-state index >= 15 is 0 Å². The Kier molecular flexibility index (Phi) is 7.81. The monoisotopic (exact) mass is 505 g/mol. The maximum atomic E-state index is 12.3.